The lowest BCUT2D eigenvalue weighted by Gasteiger charge is -2.04. The van der Waals surface area contributed by atoms with E-state index in [1.807, 2.05) is 54.6 Å². The van der Waals surface area contributed by atoms with E-state index in [1.54, 1.807) is 0 Å². The minimum absolute atomic E-state index is 1.06. The molecule has 0 radical (unpaired) electrons. The molecule has 0 aromatic heterocycles. The molecule has 3 aromatic carbocycles. The van der Waals surface area contributed by atoms with Crippen LogP contribution in [0.3, 0.4) is 0 Å². The third-order valence-electron chi connectivity index (χ3n) is 3.71. The summed E-state index contributed by atoms with van der Waals surface area (Å²) >= 11 is 0. The summed E-state index contributed by atoms with van der Waals surface area (Å²) in [5, 5.41) is 0. The van der Waals surface area contributed by atoms with E-state index in [1.165, 1.54) is 5.56 Å². The quantitative estimate of drug-likeness (QED) is 0.522. The Hall–Kier alpha value is -3.04. The maximum atomic E-state index is 3.38. The average molecular weight is 294 g/mol. The van der Waals surface area contributed by atoms with Crippen molar-refractivity contribution in [2.75, 3.05) is 0 Å². The topological polar surface area (TPSA) is 0 Å². The number of hydrogen-bond acceptors (Lipinski definition) is 0. The number of hydrogen-bond donors (Lipinski definition) is 0. The van der Waals surface area contributed by atoms with E-state index in [-0.39, 0.29) is 0 Å². The summed E-state index contributed by atoms with van der Waals surface area (Å²) in [5.41, 5.74) is 12.3. The van der Waals surface area contributed by atoms with Crippen molar-refractivity contribution in [3.8, 4) is 0 Å². The molecule has 0 fully saturated rings. The van der Waals surface area contributed by atoms with Gasteiger partial charge in [-0.3, -0.25) is 0 Å². The van der Waals surface area contributed by atoms with E-state index in [0.29, 0.717) is 0 Å². The highest BCUT2D eigenvalue weighted by molar-refractivity contribution is 5.79. The molecule has 0 aliphatic carbocycles. The Morgan fingerprint density at radius 3 is 1.35 bits per heavy atom. The molecule has 0 aliphatic heterocycles. The Balaban J connectivity index is 2.18. The zero-order chi connectivity index (χ0) is 15.9. The Labute approximate surface area is 137 Å². The Morgan fingerprint density at radius 1 is 0.522 bits per heavy atom. The van der Waals surface area contributed by atoms with Crippen molar-refractivity contribution in [3.05, 3.63) is 119 Å². The maximum Gasteiger partial charge on any atom is 0.0393 e. The first-order valence-electron chi connectivity index (χ1n) is 7.73. The standard InChI is InChI=1S/C23H18/c1-19(20-11-5-2-6-12-20)17-18-23(21-13-7-3-8-14-21)22-15-9-4-10-16-22/h2-16H,1H3. The number of benzene rings is 3. The first-order valence-corrected chi connectivity index (χ1v) is 7.73. The summed E-state index contributed by atoms with van der Waals surface area (Å²) in [4.78, 5) is 0. The van der Waals surface area contributed by atoms with Crippen molar-refractivity contribution >= 4 is 11.1 Å². The predicted octanol–water partition coefficient (Wildman–Crippen LogP) is 5.98. The van der Waals surface area contributed by atoms with Gasteiger partial charge in [-0.1, -0.05) is 102 Å². The van der Waals surface area contributed by atoms with E-state index >= 15 is 0 Å². The van der Waals surface area contributed by atoms with E-state index in [2.05, 4.69) is 54.8 Å². The molecule has 0 N–H and O–H groups in total. The molecule has 0 amide bonds. The molecule has 3 aromatic rings. The van der Waals surface area contributed by atoms with Crippen LogP contribution in [-0.4, -0.2) is 0 Å². The van der Waals surface area contributed by atoms with Crippen LogP contribution in [0.2, 0.25) is 0 Å². The average Bonchev–Trinajstić information content (AvgIpc) is 2.64. The van der Waals surface area contributed by atoms with E-state index in [9.17, 15) is 0 Å². The van der Waals surface area contributed by atoms with E-state index < -0.39 is 0 Å². The molecule has 0 saturated heterocycles. The fourth-order valence-electron chi connectivity index (χ4n) is 2.44. The van der Waals surface area contributed by atoms with Gasteiger partial charge in [-0.15, -0.1) is 0 Å². The molecule has 0 atom stereocenters. The van der Waals surface area contributed by atoms with Gasteiger partial charge in [0.25, 0.3) is 0 Å². The van der Waals surface area contributed by atoms with Gasteiger partial charge in [-0.2, -0.15) is 0 Å². The van der Waals surface area contributed by atoms with Crippen LogP contribution in [0.1, 0.15) is 23.6 Å². The van der Waals surface area contributed by atoms with Gasteiger partial charge < -0.3 is 0 Å². The summed E-state index contributed by atoms with van der Waals surface area (Å²) in [6, 6.07) is 31.0. The Morgan fingerprint density at radius 2 is 0.913 bits per heavy atom. The normalized spacial score (nSPS) is 9.61. The van der Waals surface area contributed by atoms with Crippen LogP contribution >= 0.6 is 0 Å². The molecule has 0 unspecified atom stereocenters. The lowest BCUT2D eigenvalue weighted by Crippen LogP contribution is -1.85. The van der Waals surface area contributed by atoms with Crippen LogP contribution in [0.15, 0.2) is 102 Å². The highest BCUT2D eigenvalue weighted by atomic mass is 14.0. The van der Waals surface area contributed by atoms with Gasteiger partial charge in [-0.25, -0.2) is 0 Å². The molecule has 0 saturated carbocycles. The van der Waals surface area contributed by atoms with Crippen LogP contribution in [0, 0.1) is 0 Å². The molecule has 0 heteroatoms. The minimum Gasteiger partial charge on any atom is -0.0657 e. The molecule has 0 spiro atoms. The lowest BCUT2D eigenvalue weighted by molar-refractivity contribution is 1.55. The van der Waals surface area contributed by atoms with Crippen LogP contribution < -0.4 is 0 Å². The third-order valence-corrected chi connectivity index (χ3v) is 3.71. The number of allylic oxidation sites excluding steroid dienone is 1. The molecule has 3 rings (SSSR count). The molecule has 0 bridgehead atoms. The van der Waals surface area contributed by atoms with Gasteiger partial charge in [0, 0.05) is 11.1 Å². The molecular weight excluding hydrogens is 276 g/mol. The van der Waals surface area contributed by atoms with E-state index in [0.717, 1.165) is 22.3 Å². The molecular formula is C23H18. The fraction of sp³-hybridized carbons (Fsp3) is 0.0435. The smallest absolute Gasteiger partial charge is 0.0393 e. The van der Waals surface area contributed by atoms with Gasteiger partial charge in [0.15, 0.2) is 0 Å². The van der Waals surface area contributed by atoms with Crippen molar-refractivity contribution in [1.29, 1.82) is 0 Å². The van der Waals surface area contributed by atoms with Gasteiger partial charge in [0.05, 0.1) is 0 Å². The van der Waals surface area contributed by atoms with Gasteiger partial charge >= 0.3 is 0 Å². The monoisotopic (exact) mass is 294 g/mol. The molecule has 0 heterocycles. The Bertz CT molecular complexity index is 818. The van der Waals surface area contributed by atoms with E-state index in [4.69, 9.17) is 0 Å². The fourth-order valence-corrected chi connectivity index (χ4v) is 2.44. The summed E-state index contributed by atoms with van der Waals surface area (Å²) < 4.78 is 0. The van der Waals surface area contributed by atoms with Crippen LogP contribution in [0.5, 0.6) is 0 Å². The first-order chi connectivity index (χ1) is 11.3. The summed E-state index contributed by atoms with van der Waals surface area (Å²) in [6.07, 6.45) is 0. The molecule has 23 heavy (non-hydrogen) atoms. The first kappa shape index (κ1) is 14.9. The summed E-state index contributed by atoms with van der Waals surface area (Å²) in [5.74, 6) is 0. The van der Waals surface area contributed by atoms with Crippen molar-refractivity contribution in [3.63, 3.8) is 0 Å². The zero-order valence-electron chi connectivity index (χ0n) is 13.2. The minimum atomic E-state index is 1.06. The second-order valence-corrected chi connectivity index (χ2v) is 5.35. The van der Waals surface area contributed by atoms with Gasteiger partial charge in [-0.05, 0) is 23.6 Å². The van der Waals surface area contributed by atoms with Crippen molar-refractivity contribution in [1.82, 2.24) is 0 Å². The zero-order valence-corrected chi connectivity index (χ0v) is 13.2. The highest BCUT2D eigenvalue weighted by Crippen LogP contribution is 2.22. The molecule has 0 aliphatic rings. The largest absolute Gasteiger partial charge is 0.0657 e. The second-order valence-electron chi connectivity index (χ2n) is 5.35. The SMILES string of the molecule is CC(=C=C=C(c1ccccc1)c1ccccc1)c1ccccc1. The second kappa shape index (κ2) is 7.29. The van der Waals surface area contributed by atoms with Crippen molar-refractivity contribution in [2.24, 2.45) is 0 Å². The highest BCUT2D eigenvalue weighted by Gasteiger charge is 2.02. The van der Waals surface area contributed by atoms with Crippen LogP contribution in [-0.2, 0) is 0 Å². The van der Waals surface area contributed by atoms with Crippen molar-refractivity contribution < 1.29 is 0 Å². The van der Waals surface area contributed by atoms with Crippen LogP contribution in [0.4, 0.5) is 0 Å². The van der Waals surface area contributed by atoms with Gasteiger partial charge in [0.2, 0.25) is 0 Å². The van der Waals surface area contributed by atoms with Gasteiger partial charge in [0.1, 0.15) is 0 Å². The lowest BCUT2D eigenvalue weighted by atomic mass is 9.99. The molecule has 110 valence electrons. The predicted molar refractivity (Wildman–Crippen MR) is 97.9 cm³/mol. The Kier molecular flexibility index (Phi) is 4.72. The maximum absolute atomic E-state index is 3.38. The number of rotatable bonds is 3. The van der Waals surface area contributed by atoms with Crippen LogP contribution in [0.25, 0.3) is 11.1 Å². The summed E-state index contributed by atoms with van der Waals surface area (Å²) in [6.45, 7) is 2.07. The third kappa shape index (κ3) is 3.78. The molecule has 0 nitrogen and oxygen atoms in total. The van der Waals surface area contributed by atoms with Crippen molar-refractivity contribution in [2.45, 2.75) is 6.92 Å². The summed E-state index contributed by atoms with van der Waals surface area (Å²) in [7, 11) is 0.